The van der Waals surface area contributed by atoms with E-state index in [4.69, 9.17) is 9.84 Å². The van der Waals surface area contributed by atoms with E-state index in [-0.39, 0.29) is 40.8 Å². The first-order valence-corrected chi connectivity index (χ1v) is 18.4. The van der Waals surface area contributed by atoms with Crippen LogP contribution in [0.4, 0.5) is 24.3 Å². The highest BCUT2D eigenvalue weighted by Crippen LogP contribution is 2.39. The minimum absolute atomic E-state index is 0.0392. The van der Waals surface area contributed by atoms with Crippen LogP contribution >= 0.6 is 11.3 Å². The van der Waals surface area contributed by atoms with Crippen molar-refractivity contribution in [3.05, 3.63) is 116 Å². The first kappa shape index (κ1) is 37.6. The van der Waals surface area contributed by atoms with Crippen molar-refractivity contribution in [2.45, 2.75) is 64.5 Å². The van der Waals surface area contributed by atoms with Gasteiger partial charge in [0.2, 0.25) is 0 Å². The van der Waals surface area contributed by atoms with E-state index in [1.54, 1.807) is 23.1 Å². The zero-order valence-corrected chi connectivity index (χ0v) is 30.7. The maximum absolute atomic E-state index is 15.2. The number of carbonyl (C=O) groups is 4. The fourth-order valence-corrected chi connectivity index (χ4v) is 8.34. The number of thiophene rings is 1. The van der Waals surface area contributed by atoms with Gasteiger partial charge in [0.25, 0.3) is 11.8 Å². The molecule has 0 spiro atoms. The summed E-state index contributed by atoms with van der Waals surface area (Å²) in [6.07, 6.45) is 3.22. The maximum atomic E-state index is 15.2. The number of benzene rings is 3. The van der Waals surface area contributed by atoms with E-state index in [9.17, 15) is 19.2 Å². The first-order chi connectivity index (χ1) is 25.3. The molecule has 1 saturated heterocycles. The van der Waals surface area contributed by atoms with Crippen LogP contribution in [0.2, 0.25) is 0 Å². The standard InChI is InChI=1S/C40H42F2N4O6S/c1-40(2)23-45(39(51)52-3)17-18-46(40)22-25-7-6-8-27(19-25)35(47)44-37-34(30-9-4-5-10-33(30)53-37)36(48)43-28-20-31(41)29(32(42)21-28)16-13-24-11-14-26(15-12-24)38(49)50/h6-8,11-12,14-15,19-21H,4-5,9-10,13,16-18,22-23H2,1-3H3,(H,43,48)(H,44,47)(H,49,50). The molecule has 13 heteroatoms. The molecule has 3 N–H and O–H groups in total. The summed E-state index contributed by atoms with van der Waals surface area (Å²) in [5, 5.41) is 15.1. The summed E-state index contributed by atoms with van der Waals surface area (Å²) in [4.78, 5) is 55.7. The number of anilines is 2. The second kappa shape index (κ2) is 15.8. The Morgan fingerprint density at radius 3 is 2.26 bits per heavy atom. The molecule has 0 atom stereocenters. The Bertz CT molecular complexity index is 2020. The molecule has 2 aliphatic rings. The van der Waals surface area contributed by atoms with E-state index in [1.807, 2.05) is 18.2 Å². The van der Waals surface area contributed by atoms with Gasteiger partial charge in [-0.1, -0.05) is 24.3 Å². The summed E-state index contributed by atoms with van der Waals surface area (Å²) in [5.74, 6) is -3.62. The SMILES string of the molecule is COC(=O)N1CCN(Cc2cccc(C(=O)Nc3sc4c(c3C(=O)Nc3cc(F)c(CCc5ccc(C(=O)O)cc5)c(F)c3)CCCC4)c2)C(C)(C)C1. The second-order valence-electron chi connectivity index (χ2n) is 14.1. The summed E-state index contributed by atoms with van der Waals surface area (Å²) >= 11 is 1.35. The van der Waals surface area contributed by atoms with E-state index in [1.165, 1.54) is 30.6 Å². The van der Waals surface area contributed by atoms with E-state index in [0.29, 0.717) is 55.1 Å². The van der Waals surface area contributed by atoms with Crippen LogP contribution in [-0.4, -0.2) is 71.1 Å². The molecule has 10 nitrogen and oxygen atoms in total. The van der Waals surface area contributed by atoms with Crippen LogP contribution in [0.3, 0.4) is 0 Å². The van der Waals surface area contributed by atoms with E-state index in [2.05, 4.69) is 29.4 Å². The molecule has 0 saturated carbocycles. The summed E-state index contributed by atoms with van der Waals surface area (Å²) in [6, 6.07) is 15.6. The molecule has 2 heterocycles. The van der Waals surface area contributed by atoms with Crippen LogP contribution in [0.5, 0.6) is 0 Å². The van der Waals surface area contributed by atoms with E-state index in [0.717, 1.165) is 53.0 Å². The molecule has 1 fully saturated rings. The number of methoxy groups -OCH3 is 1. The number of halogens is 2. The van der Waals surface area contributed by atoms with Gasteiger partial charge in [-0.15, -0.1) is 11.3 Å². The number of hydrogen-bond donors (Lipinski definition) is 3. The van der Waals surface area contributed by atoms with E-state index < -0.39 is 23.5 Å². The van der Waals surface area contributed by atoms with Crippen LogP contribution in [0, 0.1) is 11.6 Å². The third-order valence-corrected chi connectivity index (χ3v) is 11.2. The zero-order valence-electron chi connectivity index (χ0n) is 29.9. The maximum Gasteiger partial charge on any atom is 0.409 e. The molecule has 1 aromatic heterocycles. The third-order valence-electron chi connectivity index (χ3n) is 9.96. The molecule has 3 aromatic carbocycles. The average molecular weight is 745 g/mol. The average Bonchev–Trinajstić information content (AvgIpc) is 3.49. The number of carbonyl (C=O) groups excluding carboxylic acids is 3. The van der Waals surface area contributed by atoms with Crippen molar-refractivity contribution in [1.29, 1.82) is 0 Å². The number of fused-ring (bicyclic) bond motifs is 1. The topological polar surface area (TPSA) is 128 Å². The second-order valence-corrected chi connectivity index (χ2v) is 15.2. The predicted molar refractivity (Wildman–Crippen MR) is 199 cm³/mol. The number of nitrogens with zero attached hydrogens (tertiary/aromatic N) is 2. The Balaban J connectivity index is 1.15. The van der Waals surface area contributed by atoms with Crippen LogP contribution in [0.25, 0.3) is 0 Å². The fraction of sp³-hybridized carbons (Fsp3) is 0.350. The van der Waals surface area contributed by atoms with Crippen molar-refractivity contribution < 1.29 is 37.8 Å². The highest BCUT2D eigenvalue weighted by atomic mass is 32.1. The van der Waals surface area contributed by atoms with Crippen LogP contribution in [0.1, 0.15) is 84.9 Å². The predicted octanol–water partition coefficient (Wildman–Crippen LogP) is 7.56. The number of nitrogens with one attached hydrogen (secondary N) is 2. The lowest BCUT2D eigenvalue weighted by Crippen LogP contribution is -2.59. The molecule has 1 aliphatic carbocycles. The van der Waals surface area contributed by atoms with Crippen molar-refractivity contribution in [2.75, 3.05) is 37.4 Å². The van der Waals surface area contributed by atoms with Gasteiger partial charge in [0.05, 0.1) is 18.2 Å². The van der Waals surface area contributed by atoms with Gasteiger partial charge in [0, 0.05) is 53.4 Å². The number of piperazine rings is 1. The molecular weight excluding hydrogens is 703 g/mol. The van der Waals surface area contributed by atoms with Crippen molar-refractivity contribution >= 4 is 45.9 Å². The van der Waals surface area contributed by atoms with Gasteiger partial charge in [-0.2, -0.15) is 0 Å². The Labute approximate surface area is 310 Å². The molecule has 1 aliphatic heterocycles. The smallest absolute Gasteiger partial charge is 0.409 e. The van der Waals surface area contributed by atoms with Crippen molar-refractivity contribution in [3.63, 3.8) is 0 Å². The van der Waals surface area contributed by atoms with Crippen LogP contribution in [-0.2, 0) is 37.0 Å². The van der Waals surface area contributed by atoms with Crippen LogP contribution in [0.15, 0.2) is 60.7 Å². The van der Waals surface area contributed by atoms with Gasteiger partial charge in [-0.05, 0) is 105 Å². The number of carboxylic acid groups (broad SMARTS) is 1. The molecule has 3 amide bonds. The van der Waals surface area contributed by atoms with Gasteiger partial charge in [-0.3, -0.25) is 14.5 Å². The number of hydrogen-bond acceptors (Lipinski definition) is 7. The van der Waals surface area contributed by atoms with Crippen LogP contribution < -0.4 is 10.6 Å². The van der Waals surface area contributed by atoms with Gasteiger partial charge in [0.15, 0.2) is 0 Å². The van der Waals surface area contributed by atoms with E-state index >= 15 is 8.78 Å². The largest absolute Gasteiger partial charge is 0.478 e. The number of carboxylic acids is 1. The lowest BCUT2D eigenvalue weighted by Gasteiger charge is -2.46. The molecule has 278 valence electrons. The fourth-order valence-electron chi connectivity index (χ4n) is 7.06. The minimum Gasteiger partial charge on any atom is -0.478 e. The monoisotopic (exact) mass is 744 g/mol. The lowest BCUT2D eigenvalue weighted by atomic mass is 9.95. The lowest BCUT2D eigenvalue weighted by molar-refractivity contribution is 0.0135. The van der Waals surface area contributed by atoms with Gasteiger partial charge >= 0.3 is 12.1 Å². The Morgan fingerprint density at radius 2 is 1.58 bits per heavy atom. The Morgan fingerprint density at radius 1 is 0.868 bits per heavy atom. The van der Waals surface area contributed by atoms with Gasteiger partial charge < -0.3 is 25.4 Å². The number of ether oxygens (including phenoxy) is 1. The van der Waals surface area contributed by atoms with Crippen molar-refractivity contribution in [3.8, 4) is 0 Å². The highest BCUT2D eigenvalue weighted by molar-refractivity contribution is 7.17. The normalized spacial score (nSPS) is 15.4. The molecule has 6 rings (SSSR count). The molecule has 0 bridgehead atoms. The summed E-state index contributed by atoms with van der Waals surface area (Å²) in [6.45, 7) is 6.36. The summed E-state index contributed by atoms with van der Waals surface area (Å²) in [7, 11) is 1.37. The number of rotatable bonds is 10. The molecule has 0 unspecified atom stereocenters. The molecule has 4 aromatic rings. The number of aromatic carboxylic acids is 1. The summed E-state index contributed by atoms with van der Waals surface area (Å²) < 4.78 is 35.4. The number of aryl methyl sites for hydroxylation is 2. The Kier molecular flexibility index (Phi) is 11.2. The van der Waals surface area contributed by atoms with Gasteiger partial charge in [-0.25, -0.2) is 18.4 Å². The third kappa shape index (κ3) is 8.58. The zero-order chi connectivity index (χ0) is 37.9. The van der Waals surface area contributed by atoms with Crippen molar-refractivity contribution in [1.82, 2.24) is 9.80 Å². The molecule has 0 radical (unpaired) electrons. The quantitative estimate of drug-likeness (QED) is 0.153. The van der Waals surface area contributed by atoms with Crippen molar-refractivity contribution in [2.24, 2.45) is 0 Å². The van der Waals surface area contributed by atoms with Gasteiger partial charge in [0.1, 0.15) is 16.6 Å². The first-order valence-electron chi connectivity index (χ1n) is 17.6. The Hall–Kier alpha value is -5.14. The molecular formula is C40H42F2N4O6S. The minimum atomic E-state index is -1.06. The highest BCUT2D eigenvalue weighted by Gasteiger charge is 2.36. The summed E-state index contributed by atoms with van der Waals surface area (Å²) in [5.41, 5.74) is 2.82. The molecule has 53 heavy (non-hydrogen) atoms. The number of amides is 3.